The van der Waals surface area contributed by atoms with Crippen molar-refractivity contribution >= 4 is 11.3 Å². The second-order valence-corrected chi connectivity index (χ2v) is 6.75. The van der Waals surface area contributed by atoms with Crippen LogP contribution in [0, 0.1) is 0 Å². The van der Waals surface area contributed by atoms with Crippen LogP contribution in [0.15, 0.2) is 5.38 Å². The number of rotatable bonds is 6. The van der Waals surface area contributed by atoms with Crippen molar-refractivity contribution in [3.8, 4) is 0 Å². The molecular weight excluding hydrogens is 244 g/mol. The first-order valence-corrected chi connectivity index (χ1v) is 7.55. The molecule has 104 valence electrons. The summed E-state index contributed by atoms with van der Waals surface area (Å²) in [5.74, 6) is 0. The van der Waals surface area contributed by atoms with E-state index >= 15 is 0 Å². The number of nitrogens with zero attached hydrogens (tertiary/aromatic N) is 1. The van der Waals surface area contributed by atoms with Crippen molar-refractivity contribution in [2.24, 2.45) is 0 Å². The fourth-order valence-corrected chi connectivity index (χ4v) is 2.70. The molecule has 1 rings (SSSR count). The predicted octanol–water partition coefficient (Wildman–Crippen LogP) is 3.08. The van der Waals surface area contributed by atoms with Gasteiger partial charge in [0.1, 0.15) is 0 Å². The molecular formula is C14H26N2OS. The molecule has 0 atom stereocenters. The van der Waals surface area contributed by atoms with Gasteiger partial charge in [0.25, 0.3) is 0 Å². The van der Waals surface area contributed by atoms with Crippen LogP contribution in [-0.4, -0.2) is 22.2 Å². The summed E-state index contributed by atoms with van der Waals surface area (Å²) in [5.41, 5.74) is 1.03. The van der Waals surface area contributed by atoms with Gasteiger partial charge in [0.05, 0.1) is 17.3 Å². The van der Waals surface area contributed by atoms with Crippen molar-refractivity contribution in [1.82, 2.24) is 10.3 Å². The summed E-state index contributed by atoms with van der Waals surface area (Å²) < 4.78 is 0. The second-order valence-electron chi connectivity index (χ2n) is 5.89. The predicted molar refractivity (Wildman–Crippen MR) is 78.1 cm³/mol. The third kappa shape index (κ3) is 3.77. The highest BCUT2D eigenvalue weighted by atomic mass is 32.1. The van der Waals surface area contributed by atoms with Crippen molar-refractivity contribution < 1.29 is 5.11 Å². The van der Waals surface area contributed by atoms with E-state index in [4.69, 9.17) is 0 Å². The van der Waals surface area contributed by atoms with Gasteiger partial charge in [-0.15, -0.1) is 11.3 Å². The molecule has 0 aliphatic heterocycles. The van der Waals surface area contributed by atoms with Gasteiger partial charge in [0.2, 0.25) is 0 Å². The van der Waals surface area contributed by atoms with Crippen molar-refractivity contribution in [2.45, 2.75) is 65.0 Å². The van der Waals surface area contributed by atoms with E-state index in [1.54, 1.807) is 11.3 Å². The van der Waals surface area contributed by atoms with E-state index in [0.717, 1.165) is 25.1 Å². The van der Waals surface area contributed by atoms with Gasteiger partial charge in [-0.1, -0.05) is 34.6 Å². The van der Waals surface area contributed by atoms with Gasteiger partial charge in [-0.3, -0.25) is 0 Å². The maximum absolute atomic E-state index is 9.51. The molecule has 3 nitrogen and oxygen atoms in total. The van der Waals surface area contributed by atoms with Crippen LogP contribution in [0.3, 0.4) is 0 Å². The molecule has 0 spiro atoms. The Labute approximate surface area is 115 Å². The first-order valence-electron chi connectivity index (χ1n) is 6.67. The lowest BCUT2D eigenvalue weighted by Gasteiger charge is -2.30. The fourth-order valence-electron chi connectivity index (χ4n) is 1.79. The number of thiazole rings is 1. The molecule has 2 N–H and O–H groups in total. The summed E-state index contributed by atoms with van der Waals surface area (Å²) in [5, 5.41) is 16.2. The summed E-state index contributed by atoms with van der Waals surface area (Å²) in [7, 11) is 0. The summed E-state index contributed by atoms with van der Waals surface area (Å²) in [6.07, 6.45) is 1.85. The maximum Gasteiger partial charge on any atom is 0.0982 e. The molecule has 0 fully saturated rings. The quantitative estimate of drug-likeness (QED) is 0.835. The van der Waals surface area contributed by atoms with Gasteiger partial charge in [-0.2, -0.15) is 0 Å². The van der Waals surface area contributed by atoms with Crippen molar-refractivity contribution in [1.29, 1.82) is 0 Å². The highest BCUT2D eigenvalue weighted by Gasteiger charge is 2.25. The van der Waals surface area contributed by atoms with Crippen molar-refractivity contribution in [3.63, 3.8) is 0 Å². The first kappa shape index (κ1) is 15.6. The number of hydrogen-bond acceptors (Lipinski definition) is 4. The average molecular weight is 270 g/mol. The zero-order valence-corrected chi connectivity index (χ0v) is 13.0. The van der Waals surface area contributed by atoms with Crippen LogP contribution in [0.4, 0.5) is 0 Å². The summed E-state index contributed by atoms with van der Waals surface area (Å²) in [6.45, 7) is 11.7. The number of hydrogen-bond donors (Lipinski definition) is 2. The Bertz CT molecular complexity index is 356. The molecule has 1 aromatic heterocycles. The Morgan fingerprint density at radius 2 is 1.89 bits per heavy atom. The molecule has 0 unspecified atom stereocenters. The summed E-state index contributed by atoms with van der Waals surface area (Å²) >= 11 is 1.72. The zero-order valence-electron chi connectivity index (χ0n) is 12.2. The van der Waals surface area contributed by atoms with Crippen LogP contribution < -0.4 is 5.32 Å². The molecule has 0 saturated heterocycles. The summed E-state index contributed by atoms with van der Waals surface area (Å²) in [4.78, 5) is 4.66. The average Bonchev–Trinajstić information content (AvgIpc) is 2.80. The largest absolute Gasteiger partial charge is 0.394 e. The topological polar surface area (TPSA) is 45.1 Å². The van der Waals surface area contributed by atoms with E-state index in [1.807, 2.05) is 0 Å². The molecule has 0 radical (unpaired) electrons. The van der Waals surface area contributed by atoms with Gasteiger partial charge < -0.3 is 10.4 Å². The smallest absolute Gasteiger partial charge is 0.0982 e. The second kappa shape index (κ2) is 6.13. The van der Waals surface area contributed by atoms with Crippen LogP contribution in [0.2, 0.25) is 0 Å². The van der Waals surface area contributed by atoms with Crippen molar-refractivity contribution in [2.75, 3.05) is 6.61 Å². The molecule has 4 heteroatoms. The molecule has 0 aromatic carbocycles. The van der Waals surface area contributed by atoms with Gasteiger partial charge in [-0.25, -0.2) is 4.98 Å². The molecule has 18 heavy (non-hydrogen) atoms. The van der Waals surface area contributed by atoms with E-state index in [9.17, 15) is 5.11 Å². The molecule has 0 saturated carbocycles. The van der Waals surface area contributed by atoms with Crippen LogP contribution in [0.1, 0.15) is 58.2 Å². The molecule has 1 aromatic rings. The van der Waals surface area contributed by atoms with Crippen LogP contribution in [-0.2, 0) is 12.0 Å². The van der Waals surface area contributed by atoms with Crippen LogP contribution in [0.25, 0.3) is 0 Å². The molecule has 0 amide bonds. The van der Waals surface area contributed by atoms with Gasteiger partial charge in [0.15, 0.2) is 0 Å². The minimum Gasteiger partial charge on any atom is -0.394 e. The number of nitrogens with one attached hydrogen (secondary N) is 1. The summed E-state index contributed by atoms with van der Waals surface area (Å²) in [6, 6.07) is 0. The number of aliphatic hydroxyl groups is 1. The van der Waals surface area contributed by atoms with Crippen molar-refractivity contribution in [3.05, 3.63) is 16.1 Å². The Balaban J connectivity index is 2.66. The van der Waals surface area contributed by atoms with Crippen LogP contribution >= 0.6 is 11.3 Å². The Kier molecular flexibility index (Phi) is 5.32. The third-order valence-electron chi connectivity index (χ3n) is 3.49. The Hall–Kier alpha value is -0.450. The Morgan fingerprint density at radius 3 is 2.28 bits per heavy atom. The number of aromatic nitrogens is 1. The molecule has 0 aliphatic carbocycles. The lowest BCUT2D eigenvalue weighted by atomic mass is 9.94. The Morgan fingerprint density at radius 1 is 1.28 bits per heavy atom. The number of aliphatic hydroxyl groups excluding tert-OH is 1. The van der Waals surface area contributed by atoms with E-state index in [1.165, 1.54) is 5.01 Å². The fraction of sp³-hybridized carbons (Fsp3) is 0.786. The lowest BCUT2D eigenvalue weighted by molar-refractivity contribution is 0.149. The third-order valence-corrected chi connectivity index (χ3v) is 4.81. The maximum atomic E-state index is 9.51. The standard InChI is InChI=1S/C14H26N2OS/c1-6-14(7-2,10-17)15-8-11-9-18-12(16-11)13(3,4)5/h9,15,17H,6-8,10H2,1-5H3. The minimum absolute atomic E-state index is 0.118. The molecule has 1 heterocycles. The highest BCUT2D eigenvalue weighted by molar-refractivity contribution is 7.09. The van der Waals surface area contributed by atoms with Gasteiger partial charge in [0, 0.05) is 22.9 Å². The molecule has 0 bridgehead atoms. The van der Waals surface area contributed by atoms with E-state index in [0.29, 0.717) is 0 Å². The minimum atomic E-state index is -0.161. The van der Waals surface area contributed by atoms with E-state index in [2.05, 4.69) is 50.3 Å². The normalized spacial score (nSPS) is 13.0. The monoisotopic (exact) mass is 270 g/mol. The van der Waals surface area contributed by atoms with E-state index in [-0.39, 0.29) is 17.6 Å². The van der Waals surface area contributed by atoms with Gasteiger partial charge >= 0.3 is 0 Å². The van der Waals surface area contributed by atoms with Crippen LogP contribution in [0.5, 0.6) is 0 Å². The zero-order chi connectivity index (χ0) is 13.8. The SMILES string of the molecule is CCC(CC)(CO)NCc1csc(C(C)(C)C)n1. The van der Waals surface area contributed by atoms with Gasteiger partial charge in [-0.05, 0) is 12.8 Å². The first-order chi connectivity index (χ1) is 8.37. The van der Waals surface area contributed by atoms with E-state index < -0.39 is 0 Å². The lowest BCUT2D eigenvalue weighted by Crippen LogP contribution is -2.47. The highest BCUT2D eigenvalue weighted by Crippen LogP contribution is 2.25. The molecule has 0 aliphatic rings.